The summed E-state index contributed by atoms with van der Waals surface area (Å²) < 4.78 is 31.6. The van der Waals surface area contributed by atoms with E-state index in [9.17, 15) is 8.42 Å². The fourth-order valence-corrected chi connectivity index (χ4v) is 3.29. The van der Waals surface area contributed by atoms with Crippen LogP contribution in [0.2, 0.25) is 0 Å². The summed E-state index contributed by atoms with van der Waals surface area (Å²) in [4.78, 5) is 4.23. The Labute approximate surface area is 143 Å². The van der Waals surface area contributed by atoms with Gasteiger partial charge in [-0.25, -0.2) is 13.4 Å². The van der Waals surface area contributed by atoms with Gasteiger partial charge >= 0.3 is 0 Å². The highest BCUT2D eigenvalue weighted by molar-refractivity contribution is 7.92. The highest BCUT2D eigenvalue weighted by atomic mass is 32.2. The van der Waals surface area contributed by atoms with Crippen molar-refractivity contribution in [3.8, 4) is 5.75 Å². The van der Waals surface area contributed by atoms with Crippen molar-refractivity contribution in [1.82, 2.24) is 4.98 Å². The molecular weight excluding hydrogens is 326 g/mol. The zero-order chi connectivity index (χ0) is 17.4. The molecule has 2 rings (SSSR count). The van der Waals surface area contributed by atoms with E-state index in [4.69, 9.17) is 4.74 Å². The number of sulfonamides is 1. The minimum absolute atomic E-state index is 0.121. The van der Waals surface area contributed by atoms with Crippen LogP contribution in [-0.2, 0) is 10.0 Å². The summed E-state index contributed by atoms with van der Waals surface area (Å²) in [6, 6.07) is 11.0. The van der Waals surface area contributed by atoms with E-state index >= 15 is 0 Å². The van der Waals surface area contributed by atoms with Gasteiger partial charge in [0.1, 0.15) is 11.6 Å². The summed E-state index contributed by atoms with van der Waals surface area (Å²) in [6.45, 7) is 4.52. The van der Waals surface area contributed by atoms with Crippen LogP contribution in [0.25, 0.3) is 0 Å². The van der Waals surface area contributed by atoms with Crippen molar-refractivity contribution < 1.29 is 13.2 Å². The lowest BCUT2D eigenvalue weighted by Crippen LogP contribution is -2.16. The minimum atomic E-state index is -3.30. The van der Waals surface area contributed by atoms with E-state index in [2.05, 4.69) is 15.0 Å². The average Bonchev–Trinajstić information content (AvgIpc) is 2.57. The summed E-state index contributed by atoms with van der Waals surface area (Å²) >= 11 is 0. The molecule has 0 unspecified atom stereocenters. The van der Waals surface area contributed by atoms with Crippen LogP contribution in [0.4, 0.5) is 17.2 Å². The molecule has 0 amide bonds. The van der Waals surface area contributed by atoms with Gasteiger partial charge in [0.15, 0.2) is 0 Å². The predicted octanol–water partition coefficient (Wildman–Crippen LogP) is 3.77. The van der Waals surface area contributed by atoms with Crippen LogP contribution in [0.5, 0.6) is 5.75 Å². The van der Waals surface area contributed by atoms with Crippen LogP contribution in [0.3, 0.4) is 0 Å². The fourth-order valence-electron chi connectivity index (χ4n) is 2.04. The van der Waals surface area contributed by atoms with Gasteiger partial charge in [-0.15, -0.1) is 0 Å². The Bertz CT molecular complexity index is 729. The largest absolute Gasteiger partial charge is 0.494 e. The molecule has 0 saturated carbocycles. The van der Waals surface area contributed by atoms with Gasteiger partial charge in [-0.2, -0.15) is 0 Å². The van der Waals surface area contributed by atoms with E-state index in [1.807, 2.05) is 38.1 Å². The van der Waals surface area contributed by atoms with E-state index in [0.717, 1.165) is 17.9 Å². The van der Waals surface area contributed by atoms with E-state index < -0.39 is 10.0 Å². The highest BCUT2D eigenvalue weighted by Crippen LogP contribution is 2.20. The molecule has 1 heterocycles. The summed E-state index contributed by atoms with van der Waals surface area (Å²) in [5.74, 6) is 1.57. The topological polar surface area (TPSA) is 80.3 Å². The zero-order valence-electron chi connectivity index (χ0n) is 14.0. The van der Waals surface area contributed by atoms with Gasteiger partial charge in [-0.1, -0.05) is 13.3 Å². The van der Waals surface area contributed by atoms with Gasteiger partial charge in [0.2, 0.25) is 10.0 Å². The Morgan fingerprint density at radius 2 is 1.75 bits per heavy atom. The third kappa shape index (κ3) is 5.73. The number of rotatable bonds is 9. The molecule has 2 N–H and O–H groups in total. The number of benzene rings is 1. The number of unbranched alkanes of at least 4 members (excludes halogenated alkanes) is 1. The molecule has 7 heteroatoms. The Morgan fingerprint density at radius 1 is 1.04 bits per heavy atom. The maximum atomic E-state index is 11.9. The SMILES string of the molecule is CCCCS(=O)(=O)Nc1ccc(Nc2ccc(OCC)cc2)nc1. The molecule has 0 fully saturated rings. The third-order valence-electron chi connectivity index (χ3n) is 3.24. The Hall–Kier alpha value is -2.28. The van der Waals surface area contributed by atoms with Crippen molar-refractivity contribution in [3.05, 3.63) is 42.6 Å². The van der Waals surface area contributed by atoms with E-state index in [1.54, 1.807) is 12.1 Å². The first-order valence-corrected chi connectivity index (χ1v) is 9.64. The van der Waals surface area contributed by atoms with Crippen LogP contribution in [0.15, 0.2) is 42.6 Å². The number of ether oxygens (including phenoxy) is 1. The van der Waals surface area contributed by atoms with Crippen LogP contribution in [0.1, 0.15) is 26.7 Å². The van der Waals surface area contributed by atoms with Gasteiger partial charge in [-0.05, 0) is 49.7 Å². The molecule has 1 aromatic heterocycles. The monoisotopic (exact) mass is 349 g/mol. The molecule has 0 aliphatic heterocycles. The molecule has 0 aliphatic rings. The van der Waals surface area contributed by atoms with Crippen LogP contribution >= 0.6 is 0 Å². The fraction of sp³-hybridized carbons (Fsp3) is 0.353. The Balaban J connectivity index is 1.96. The van der Waals surface area contributed by atoms with Gasteiger partial charge in [0, 0.05) is 5.69 Å². The van der Waals surface area contributed by atoms with Crippen molar-refractivity contribution >= 4 is 27.2 Å². The summed E-state index contributed by atoms with van der Waals surface area (Å²) in [5.41, 5.74) is 1.34. The number of pyridine rings is 1. The first-order valence-electron chi connectivity index (χ1n) is 7.99. The molecule has 0 spiro atoms. The number of nitrogens with one attached hydrogen (secondary N) is 2. The lowest BCUT2D eigenvalue weighted by atomic mass is 10.3. The number of aromatic nitrogens is 1. The Morgan fingerprint density at radius 3 is 2.33 bits per heavy atom. The molecule has 24 heavy (non-hydrogen) atoms. The van der Waals surface area contributed by atoms with Crippen LogP contribution in [-0.4, -0.2) is 25.8 Å². The van der Waals surface area contributed by atoms with Crippen molar-refractivity contribution in [2.24, 2.45) is 0 Å². The molecule has 2 aromatic rings. The minimum Gasteiger partial charge on any atom is -0.494 e. The van der Waals surface area contributed by atoms with Crippen molar-refractivity contribution in [2.45, 2.75) is 26.7 Å². The molecule has 0 bridgehead atoms. The van der Waals surface area contributed by atoms with Crippen molar-refractivity contribution in [3.63, 3.8) is 0 Å². The second-order valence-corrected chi connectivity index (χ2v) is 7.13. The zero-order valence-corrected chi connectivity index (χ0v) is 14.8. The predicted molar refractivity (Wildman–Crippen MR) is 97.4 cm³/mol. The van der Waals surface area contributed by atoms with Crippen LogP contribution < -0.4 is 14.8 Å². The first-order chi connectivity index (χ1) is 11.5. The van der Waals surface area contributed by atoms with Gasteiger partial charge in [0.05, 0.1) is 24.2 Å². The number of nitrogens with zero attached hydrogens (tertiary/aromatic N) is 1. The average molecular weight is 349 g/mol. The molecule has 0 saturated heterocycles. The smallest absolute Gasteiger partial charge is 0.232 e. The highest BCUT2D eigenvalue weighted by Gasteiger charge is 2.09. The van der Waals surface area contributed by atoms with Gasteiger partial charge in [-0.3, -0.25) is 4.72 Å². The number of hydrogen-bond donors (Lipinski definition) is 2. The van der Waals surface area contributed by atoms with Gasteiger partial charge in [0.25, 0.3) is 0 Å². The number of hydrogen-bond acceptors (Lipinski definition) is 5. The summed E-state index contributed by atoms with van der Waals surface area (Å²) in [5, 5.41) is 3.15. The molecule has 130 valence electrons. The van der Waals surface area contributed by atoms with Crippen molar-refractivity contribution in [1.29, 1.82) is 0 Å². The van der Waals surface area contributed by atoms with E-state index in [1.165, 1.54) is 6.20 Å². The lowest BCUT2D eigenvalue weighted by molar-refractivity contribution is 0.340. The van der Waals surface area contributed by atoms with Crippen molar-refractivity contribution in [2.75, 3.05) is 22.4 Å². The normalized spacial score (nSPS) is 11.1. The lowest BCUT2D eigenvalue weighted by Gasteiger charge is -2.09. The third-order valence-corrected chi connectivity index (χ3v) is 4.61. The Kier molecular flexibility index (Phi) is 6.43. The second-order valence-electron chi connectivity index (χ2n) is 5.29. The van der Waals surface area contributed by atoms with E-state index in [0.29, 0.717) is 24.5 Å². The first kappa shape index (κ1) is 18.1. The molecule has 0 atom stereocenters. The van der Waals surface area contributed by atoms with Crippen LogP contribution in [0, 0.1) is 0 Å². The maximum Gasteiger partial charge on any atom is 0.232 e. The summed E-state index contributed by atoms with van der Waals surface area (Å²) in [7, 11) is -3.30. The van der Waals surface area contributed by atoms with Gasteiger partial charge < -0.3 is 10.1 Å². The summed E-state index contributed by atoms with van der Waals surface area (Å²) in [6.07, 6.45) is 2.98. The van der Waals surface area contributed by atoms with E-state index in [-0.39, 0.29) is 5.75 Å². The second kappa shape index (κ2) is 8.54. The maximum absolute atomic E-state index is 11.9. The quantitative estimate of drug-likeness (QED) is 0.720. The molecule has 0 aliphatic carbocycles. The molecular formula is C17H23N3O3S. The molecule has 1 aromatic carbocycles. The number of anilines is 3. The molecule has 0 radical (unpaired) electrons. The standard InChI is InChI=1S/C17H23N3O3S/c1-3-5-12-24(21,22)20-15-8-11-17(18-13-15)19-14-6-9-16(10-7-14)23-4-2/h6-11,13,20H,3-5,12H2,1-2H3,(H,18,19). The molecule has 6 nitrogen and oxygen atoms in total.